The number of hydrogen-bond donors (Lipinski definition) is 0. The van der Waals surface area contributed by atoms with Crippen molar-refractivity contribution in [1.82, 2.24) is 4.31 Å². The van der Waals surface area contributed by atoms with Gasteiger partial charge in [0.05, 0.1) is 14.9 Å². The predicted molar refractivity (Wildman–Crippen MR) is 79.4 cm³/mol. The van der Waals surface area contributed by atoms with Gasteiger partial charge in [0.25, 0.3) is 0 Å². The highest BCUT2D eigenvalue weighted by molar-refractivity contribution is 7.89. The van der Waals surface area contributed by atoms with Gasteiger partial charge in [-0.3, -0.25) is 0 Å². The number of thiophene rings is 1. The van der Waals surface area contributed by atoms with Gasteiger partial charge in [-0.1, -0.05) is 23.2 Å². The minimum absolute atomic E-state index is 0.139. The maximum absolute atomic E-state index is 12.3. The SMILES string of the molecule is CN(Cc1ccsc1)S(=O)(=O)c1ccc(Cl)c(Cl)c1. The van der Waals surface area contributed by atoms with Crippen molar-refractivity contribution in [2.24, 2.45) is 0 Å². The second kappa shape index (κ2) is 5.81. The normalized spacial score (nSPS) is 12.0. The molecule has 1 aromatic carbocycles. The summed E-state index contributed by atoms with van der Waals surface area (Å²) in [6.45, 7) is 0.325. The van der Waals surface area contributed by atoms with Crippen LogP contribution in [0, 0.1) is 0 Å². The summed E-state index contributed by atoms with van der Waals surface area (Å²) in [7, 11) is -2.02. The summed E-state index contributed by atoms with van der Waals surface area (Å²) in [6.07, 6.45) is 0. The first-order valence-corrected chi connectivity index (χ1v) is 8.47. The molecule has 0 aliphatic heterocycles. The average molecular weight is 336 g/mol. The Morgan fingerprint density at radius 2 is 1.95 bits per heavy atom. The molecule has 2 rings (SSSR count). The Morgan fingerprint density at radius 3 is 2.53 bits per heavy atom. The Labute approximate surface area is 126 Å². The van der Waals surface area contributed by atoms with E-state index in [0.29, 0.717) is 11.6 Å². The summed E-state index contributed by atoms with van der Waals surface area (Å²) in [5, 5.41) is 4.39. The van der Waals surface area contributed by atoms with E-state index in [-0.39, 0.29) is 9.92 Å². The quantitative estimate of drug-likeness (QED) is 0.850. The Balaban J connectivity index is 2.28. The molecule has 0 saturated carbocycles. The van der Waals surface area contributed by atoms with Crippen molar-refractivity contribution in [2.45, 2.75) is 11.4 Å². The van der Waals surface area contributed by atoms with Crippen molar-refractivity contribution >= 4 is 44.6 Å². The minimum atomic E-state index is -3.56. The molecular weight excluding hydrogens is 325 g/mol. The van der Waals surface area contributed by atoms with Crippen molar-refractivity contribution < 1.29 is 8.42 Å². The lowest BCUT2D eigenvalue weighted by Gasteiger charge is -2.16. The standard InChI is InChI=1S/C12H11Cl2NO2S2/c1-15(7-9-4-5-18-8-9)19(16,17)10-2-3-11(13)12(14)6-10/h2-6,8H,7H2,1H3. The van der Waals surface area contributed by atoms with Gasteiger partial charge in [0.2, 0.25) is 10.0 Å². The van der Waals surface area contributed by atoms with E-state index < -0.39 is 10.0 Å². The van der Waals surface area contributed by atoms with E-state index in [4.69, 9.17) is 23.2 Å². The van der Waals surface area contributed by atoms with E-state index in [9.17, 15) is 8.42 Å². The summed E-state index contributed by atoms with van der Waals surface area (Å²) >= 11 is 13.2. The molecule has 3 nitrogen and oxygen atoms in total. The molecule has 7 heteroatoms. The Bertz CT molecular complexity index is 669. The molecule has 0 radical (unpaired) electrons. The molecule has 0 amide bonds. The summed E-state index contributed by atoms with van der Waals surface area (Å²) in [4.78, 5) is 0.139. The van der Waals surface area contributed by atoms with E-state index in [1.807, 2.05) is 16.8 Å². The van der Waals surface area contributed by atoms with Gasteiger partial charge in [-0.15, -0.1) is 0 Å². The van der Waals surface area contributed by atoms with Crippen molar-refractivity contribution in [3.8, 4) is 0 Å². The second-order valence-electron chi connectivity index (χ2n) is 3.97. The molecule has 0 bridgehead atoms. The molecule has 0 aliphatic carbocycles. The fourth-order valence-corrected chi connectivity index (χ4v) is 3.75. The van der Waals surface area contributed by atoms with Crippen LogP contribution in [0.3, 0.4) is 0 Å². The molecule has 1 aromatic heterocycles. The first kappa shape index (κ1) is 14.8. The number of halogens is 2. The maximum atomic E-state index is 12.3. The number of benzene rings is 1. The van der Waals surface area contributed by atoms with Crippen LogP contribution in [0.5, 0.6) is 0 Å². The highest BCUT2D eigenvalue weighted by Gasteiger charge is 2.21. The molecule has 1 heterocycles. The second-order valence-corrected chi connectivity index (χ2v) is 7.61. The molecule has 0 aliphatic rings. The molecule has 0 fully saturated rings. The lowest BCUT2D eigenvalue weighted by atomic mass is 10.3. The number of rotatable bonds is 4. The fraction of sp³-hybridized carbons (Fsp3) is 0.167. The van der Waals surface area contributed by atoms with Crippen LogP contribution in [0.25, 0.3) is 0 Å². The van der Waals surface area contributed by atoms with Crippen LogP contribution < -0.4 is 0 Å². The summed E-state index contributed by atoms with van der Waals surface area (Å²) in [5.74, 6) is 0. The van der Waals surface area contributed by atoms with Crippen LogP contribution in [-0.2, 0) is 16.6 Å². The fourth-order valence-electron chi connectivity index (χ4n) is 1.54. The summed E-state index contributed by atoms with van der Waals surface area (Å²) in [5.41, 5.74) is 0.955. The van der Waals surface area contributed by atoms with Gasteiger partial charge in [0, 0.05) is 13.6 Å². The third-order valence-electron chi connectivity index (χ3n) is 2.58. The van der Waals surface area contributed by atoms with Crippen molar-refractivity contribution in [3.05, 3.63) is 50.6 Å². The zero-order chi connectivity index (χ0) is 14.0. The van der Waals surface area contributed by atoms with Crippen molar-refractivity contribution in [3.63, 3.8) is 0 Å². The van der Waals surface area contributed by atoms with Gasteiger partial charge < -0.3 is 0 Å². The topological polar surface area (TPSA) is 37.4 Å². The third-order valence-corrected chi connectivity index (χ3v) is 5.86. The Kier molecular flexibility index (Phi) is 4.53. The van der Waals surface area contributed by atoms with Crippen LogP contribution in [0.2, 0.25) is 10.0 Å². The van der Waals surface area contributed by atoms with Gasteiger partial charge in [0.15, 0.2) is 0 Å². The highest BCUT2D eigenvalue weighted by atomic mass is 35.5. The summed E-state index contributed by atoms with van der Waals surface area (Å²) < 4.78 is 26.0. The van der Waals surface area contributed by atoms with E-state index in [0.717, 1.165) is 5.56 Å². The van der Waals surface area contributed by atoms with E-state index in [2.05, 4.69) is 0 Å². The van der Waals surface area contributed by atoms with Gasteiger partial charge in [-0.25, -0.2) is 8.42 Å². The van der Waals surface area contributed by atoms with E-state index >= 15 is 0 Å². The summed E-state index contributed by atoms with van der Waals surface area (Å²) in [6, 6.07) is 6.19. The van der Waals surface area contributed by atoms with Gasteiger partial charge in [-0.05, 0) is 40.6 Å². The first-order chi connectivity index (χ1) is 8.91. The van der Waals surface area contributed by atoms with Gasteiger partial charge in [-0.2, -0.15) is 15.6 Å². The average Bonchev–Trinajstić information content (AvgIpc) is 2.85. The van der Waals surface area contributed by atoms with Gasteiger partial charge in [0.1, 0.15) is 0 Å². The maximum Gasteiger partial charge on any atom is 0.243 e. The number of hydrogen-bond acceptors (Lipinski definition) is 3. The number of sulfonamides is 1. The predicted octanol–water partition coefficient (Wildman–Crippen LogP) is 3.88. The van der Waals surface area contributed by atoms with Crippen LogP contribution in [0.15, 0.2) is 39.9 Å². The van der Waals surface area contributed by atoms with Crippen molar-refractivity contribution in [1.29, 1.82) is 0 Å². The van der Waals surface area contributed by atoms with Crippen LogP contribution in [-0.4, -0.2) is 19.8 Å². The Morgan fingerprint density at radius 1 is 1.21 bits per heavy atom. The van der Waals surface area contributed by atoms with Crippen molar-refractivity contribution in [2.75, 3.05) is 7.05 Å². The van der Waals surface area contributed by atoms with Crippen LogP contribution in [0.4, 0.5) is 0 Å². The van der Waals surface area contributed by atoms with E-state index in [1.54, 1.807) is 0 Å². The van der Waals surface area contributed by atoms with Crippen LogP contribution in [0.1, 0.15) is 5.56 Å². The molecule has 2 aromatic rings. The lowest BCUT2D eigenvalue weighted by Crippen LogP contribution is -2.26. The molecule has 19 heavy (non-hydrogen) atoms. The zero-order valence-corrected chi connectivity index (χ0v) is 13.2. The zero-order valence-electron chi connectivity index (χ0n) is 10.0. The molecule has 102 valence electrons. The molecule has 0 saturated heterocycles. The van der Waals surface area contributed by atoms with E-state index in [1.165, 1.54) is 40.9 Å². The Hall–Kier alpha value is -0.590. The molecule has 0 spiro atoms. The van der Waals surface area contributed by atoms with Gasteiger partial charge >= 0.3 is 0 Å². The monoisotopic (exact) mass is 335 g/mol. The number of nitrogens with zero attached hydrogens (tertiary/aromatic N) is 1. The molecule has 0 unspecified atom stereocenters. The smallest absolute Gasteiger partial charge is 0.207 e. The highest BCUT2D eigenvalue weighted by Crippen LogP contribution is 2.26. The largest absolute Gasteiger partial charge is 0.243 e. The van der Waals surface area contributed by atoms with Crippen LogP contribution >= 0.6 is 34.5 Å². The molecule has 0 N–H and O–H groups in total. The molecule has 0 atom stereocenters. The third kappa shape index (κ3) is 3.30. The minimum Gasteiger partial charge on any atom is -0.207 e. The first-order valence-electron chi connectivity index (χ1n) is 5.34. The molecular formula is C12H11Cl2NO2S2. The lowest BCUT2D eigenvalue weighted by molar-refractivity contribution is 0.467.